The summed E-state index contributed by atoms with van der Waals surface area (Å²) in [6.45, 7) is 8.68. The van der Waals surface area contributed by atoms with Crippen LogP contribution in [0.4, 0.5) is 5.13 Å². The maximum atomic E-state index is 11.1. The minimum absolute atomic E-state index is 0.608. The summed E-state index contributed by atoms with van der Waals surface area (Å²) in [7, 11) is 0. The summed E-state index contributed by atoms with van der Waals surface area (Å²) < 4.78 is 0. The lowest BCUT2D eigenvalue weighted by molar-refractivity contribution is -0.147. The number of carboxylic acids is 1. The van der Waals surface area contributed by atoms with Crippen LogP contribution in [-0.4, -0.2) is 53.7 Å². The lowest BCUT2D eigenvalue weighted by atomic mass is 9.88. The third-order valence-corrected chi connectivity index (χ3v) is 4.75. The Balaban J connectivity index is 1.69. The van der Waals surface area contributed by atoms with Gasteiger partial charge in [0.15, 0.2) is 5.13 Å². The van der Waals surface area contributed by atoms with Crippen LogP contribution in [0.25, 0.3) is 0 Å². The number of nitrogens with zero attached hydrogens (tertiary/aromatic N) is 3. The highest BCUT2D eigenvalue weighted by atomic mass is 32.1. The van der Waals surface area contributed by atoms with Crippen molar-refractivity contribution in [1.82, 2.24) is 9.88 Å². The Bertz CT molecular complexity index is 426. The van der Waals surface area contributed by atoms with Crippen molar-refractivity contribution in [3.8, 4) is 0 Å². The standard InChI is InChI=1S/C14H23N3O2S/c1-14(2,12(18)19)4-3-6-16-7-9-17(10-8-16)13-15-5-11-20-13/h5,11H,3-4,6-10H2,1-2H3,(H,18,19). The van der Waals surface area contributed by atoms with Crippen molar-refractivity contribution in [2.45, 2.75) is 26.7 Å². The molecule has 0 aromatic carbocycles. The number of carboxylic acid groups (broad SMARTS) is 1. The number of aliphatic carboxylic acids is 1. The van der Waals surface area contributed by atoms with Crippen molar-refractivity contribution in [1.29, 1.82) is 0 Å². The van der Waals surface area contributed by atoms with E-state index in [1.165, 1.54) is 0 Å². The van der Waals surface area contributed by atoms with E-state index in [-0.39, 0.29) is 0 Å². The fourth-order valence-corrected chi connectivity index (χ4v) is 3.08. The summed E-state index contributed by atoms with van der Waals surface area (Å²) in [5, 5.41) is 12.2. The molecule has 20 heavy (non-hydrogen) atoms. The largest absolute Gasteiger partial charge is 0.481 e. The summed E-state index contributed by atoms with van der Waals surface area (Å²) in [5.41, 5.74) is -0.608. The van der Waals surface area contributed by atoms with Gasteiger partial charge in [0.1, 0.15) is 0 Å². The van der Waals surface area contributed by atoms with Crippen LogP contribution in [0.5, 0.6) is 0 Å². The Labute approximate surface area is 124 Å². The second-order valence-electron chi connectivity index (χ2n) is 5.94. The molecule has 2 rings (SSSR count). The van der Waals surface area contributed by atoms with Crippen molar-refractivity contribution in [3.05, 3.63) is 11.6 Å². The van der Waals surface area contributed by atoms with E-state index in [9.17, 15) is 4.79 Å². The molecule has 1 aliphatic heterocycles. The van der Waals surface area contributed by atoms with Crippen LogP contribution in [0, 0.1) is 5.41 Å². The maximum Gasteiger partial charge on any atom is 0.309 e. The molecule has 0 amide bonds. The molecular formula is C14H23N3O2S. The van der Waals surface area contributed by atoms with Gasteiger partial charge in [-0.05, 0) is 33.2 Å². The summed E-state index contributed by atoms with van der Waals surface area (Å²) in [4.78, 5) is 20.1. The molecule has 1 saturated heterocycles. The summed E-state index contributed by atoms with van der Waals surface area (Å²) in [6.07, 6.45) is 3.52. The van der Waals surface area contributed by atoms with Crippen LogP contribution in [0.1, 0.15) is 26.7 Å². The number of hydrogen-bond acceptors (Lipinski definition) is 5. The van der Waals surface area contributed by atoms with Crippen molar-refractivity contribution in [2.24, 2.45) is 5.41 Å². The quantitative estimate of drug-likeness (QED) is 0.872. The summed E-state index contributed by atoms with van der Waals surface area (Å²) in [5.74, 6) is -0.703. The first-order chi connectivity index (χ1) is 9.49. The van der Waals surface area contributed by atoms with Gasteiger partial charge in [-0.3, -0.25) is 9.69 Å². The predicted octanol–water partition coefficient (Wildman–Crippen LogP) is 2.16. The molecule has 1 N–H and O–H groups in total. The average molecular weight is 297 g/mol. The fraction of sp³-hybridized carbons (Fsp3) is 0.714. The Morgan fingerprint density at radius 3 is 2.65 bits per heavy atom. The van der Waals surface area contributed by atoms with Crippen molar-refractivity contribution < 1.29 is 9.90 Å². The van der Waals surface area contributed by atoms with E-state index in [0.29, 0.717) is 0 Å². The van der Waals surface area contributed by atoms with Crippen LogP contribution in [-0.2, 0) is 4.79 Å². The van der Waals surface area contributed by atoms with Gasteiger partial charge in [-0.1, -0.05) is 0 Å². The van der Waals surface area contributed by atoms with Crippen molar-refractivity contribution in [2.75, 3.05) is 37.6 Å². The third kappa shape index (κ3) is 3.93. The van der Waals surface area contributed by atoms with Crippen LogP contribution >= 0.6 is 11.3 Å². The molecule has 6 heteroatoms. The first-order valence-corrected chi connectivity index (χ1v) is 7.97. The van der Waals surface area contributed by atoms with Crippen molar-refractivity contribution >= 4 is 22.4 Å². The highest BCUT2D eigenvalue weighted by molar-refractivity contribution is 7.13. The van der Waals surface area contributed by atoms with Crippen LogP contribution in [0.3, 0.4) is 0 Å². The van der Waals surface area contributed by atoms with E-state index < -0.39 is 11.4 Å². The molecule has 0 spiro atoms. The molecule has 0 saturated carbocycles. The van der Waals surface area contributed by atoms with Gasteiger partial charge in [-0.2, -0.15) is 0 Å². The Kier molecular flexibility index (Phi) is 4.99. The zero-order valence-corrected chi connectivity index (χ0v) is 13.0. The smallest absolute Gasteiger partial charge is 0.309 e. The van der Waals surface area contributed by atoms with Gasteiger partial charge < -0.3 is 10.0 Å². The van der Waals surface area contributed by atoms with E-state index in [1.807, 2.05) is 11.6 Å². The lowest BCUT2D eigenvalue weighted by Crippen LogP contribution is -2.46. The zero-order chi connectivity index (χ0) is 14.6. The topological polar surface area (TPSA) is 56.7 Å². The van der Waals surface area contributed by atoms with Crippen LogP contribution < -0.4 is 4.90 Å². The number of piperazine rings is 1. The summed E-state index contributed by atoms with van der Waals surface area (Å²) in [6, 6.07) is 0. The first-order valence-electron chi connectivity index (χ1n) is 7.09. The minimum Gasteiger partial charge on any atom is -0.481 e. The molecule has 1 aromatic heterocycles. The highest BCUT2D eigenvalue weighted by Gasteiger charge is 2.27. The Morgan fingerprint density at radius 1 is 1.40 bits per heavy atom. The van der Waals surface area contributed by atoms with E-state index in [1.54, 1.807) is 25.2 Å². The maximum absolute atomic E-state index is 11.1. The van der Waals surface area contributed by atoms with Gasteiger partial charge in [0.25, 0.3) is 0 Å². The number of hydrogen-bond donors (Lipinski definition) is 1. The monoisotopic (exact) mass is 297 g/mol. The molecule has 0 atom stereocenters. The van der Waals surface area contributed by atoms with Gasteiger partial charge in [0, 0.05) is 37.8 Å². The van der Waals surface area contributed by atoms with Crippen LogP contribution in [0.15, 0.2) is 11.6 Å². The minimum atomic E-state index is -0.703. The number of anilines is 1. The third-order valence-electron chi connectivity index (χ3n) is 3.92. The zero-order valence-electron chi connectivity index (χ0n) is 12.2. The second-order valence-corrected chi connectivity index (χ2v) is 6.81. The molecule has 0 radical (unpaired) electrons. The Hall–Kier alpha value is -1.14. The van der Waals surface area contributed by atoms with Gasteiger partial charge in [0.2, 0.25) is 0 Å². The van der Waals surface area contributed by atoms with E-state index in [2.05, 4.69) is 14.8 Å². The Morgan fingerprint density at radius 2 is 2.10 bits per heavy atom. The molecule has 1 aliphatic rings. The summed E-state index contributed by atoms with van der Waals surface area (Å²) >= 11 is 1.69. The first kappa shape index (κ1) is 15.3. The molecule has 112 valence electrons. The number of carbonyl (C=O) groups is 1. The molecule has 1 fully saturated rings. The van der Waals surface area contributed by atoms with Gasteiger partial charge in [0.05, 0.1) is 5.41 Å². The molecule has 0 bridgehead atoms. The molecule has 0 aliphatic carbocycles. The van der Waals surface area contributed by atoms with Gasteiger partial charge in [-0.15, -0.1) is 11.3 Å². The second kappa shape index (κ2) is 6.54. The predicted molar refractivity (Wildman–Crippen MR) is 81.4 cm³/mol. The number of rotatable bonds is 6. The number of aromatic nitrogens is 1. The normalized spacial score (nSPS) is 17.4. The number of thiazole rings is 1. The van der Waals surface area contributed by atoms with Gasteiger partial charge >= 0.3 is 5.97 Å². The SMILES string of the molecule is CC(C)(CCCN1CCN(c2nccs2)CC1)C(=O)O. The molecule has 1 aromatic rings. The van der Waals surface area contributed by atoms with Gasteiger partial charge in [-0.25, -0.2) is 4.98 Å². The molecule has 2 heterocycles. The molecular weight excluding hydrogens is 274 g/mol. The van der Waals surface area contributed by atoms with E-state index in [4.69, 9.17) is 5.11 Å². The molecule has 0 unspecified atom stereocenters. The average Bonchev–Trinajstić information content (AvgIpc) is 2.93. The van der Waals surface area contributed by atoms with E-state index in [0.717, 1.165) is 50.7 Å². The lowest BCUT2D eigenvalue weighted by Gasteiger charge is -2.34. The van der Waals surface area contributed by atoms with Crippen molar-refractivity contribution in [3.63, 3.8) is 0 Å². The molecule has 5 nitrogen and oxygen atoms in total. The van der Waals surface area contributed by atoms with E-state index >= 15 is 0 Å². The fourth-order valence-electron chi connectivity index (χ4n) is 2.39. The van der Waals surface area contributed by atoms with Crippen LogP contribution in [0.2, 0.25) is 0 Å². The highest BCUT2D eigenvalue weighted by Crippen LogP contribution is 2.23.